The summed E-state index contributed by atoms with van der Waals surface area (Å²) in [6.07, 6.45) is 12.6. The topological polar surface area (TPSA) is 29.3 Å². The average Bonchev–Trinajstić information content (AvgIpc) is 2.40. The first-order chi connectivity index (χ1) is 8.68. The lowest BCUT2D eigenvalue weighted by molar-refractivity contribution is 0.119. The molecule has 2 saturated carbocycles. The van der Waals surface area contributed by atoms with Crippen LogP contribution >= 0.6 is 0 Å². The minimum atomic E-state index is 0.407. The molecule has 0 aromatic carbocycles. The van der Waals surface area contributed by atoms with E-state index >= 15 is 0 Å². The summed E-state index contributed by atoms with van der Waals surface area (Å²) in [5.74, 6) is 1.66. The summed E-state index contributed by atoms with van der Waals surface area (Å²) in [5.41, 5.74) is 6.46. The highest BCUT2D eigenvalue weighted by atomic mass is 15.1. The molecule has 2 aliphatic carbocycles. The molecule has 106 valence electrons. The SMILES string of the molecule is CC1CCCCC1N(C)CC(N)C1CCCCC1. The normalized spacial score (nSPS) is 32.7. The number of rotatable bonds is 4. The second-order valence-corrected chi connectivity index (χ2v) is 6.83. The van der Waals surface area contributed by atoms with E-state index in [-0.39, 0.29) is 0 Å². The van der Waals surface area contributed by atoms with E-state index in [1.165, 1.54) is 57.8 Å². The van der Waals surface area contributed by atoms with Crippen molar-refractivity contribution < 1.29 is 0 Å². The molecular formula is C16H32N2. The van der Waals surface area contributed by atoms with Gasteiger partial charge in [0.2, 0.25) is 0 Å². The first-order valence-electron chi connectivity index (χ1n) is 8.14. The molecule has 0 aromatic heterocycles. The first-order valence-corrected chi connectivity index (χ1v) is 8.14. The van der Waals surface area contributed by atoms with E-state index in [4.69, 9.17) is 5.73 Å². The predicted molar refractivity (Wildman–Crippen MR) is 78.6 cm³/mol. The number of likely N-dealkylation sites (N-methyl/N-ethyl adjacent to an activating group) is 1. The maximum Gasteiger partial charge on any atom is 0.0196 e. The summed E-state index contributed by atoms with van der Waals surface area (Å²) < 4.78 is 0. The Balaban J connectivity index is 1.79. The molecule has 0 saturated heterocycles. The average molecular weight is 252 g/mol. The van der Waals surface area contributed by atoms with Gasteiger partial charge in [0.25, 0.3) is 0 Å². The second kappa shape index (κ2) is 6.91. The van der Waals surface area contributed by atoms with Crippen molar-refractivity contribution in [3.8, 4) is 0 Å². The number of hydrogen-bond acceptors (Lipinski definition) is 2. The van der Waals surface area contributed by atoms with Crippen LogP contribution in [0.15, 0.2) is 0 Å². The molecular weight excluding hydrogens is 220 g/mol. The van der Waals surface area contributed by atoms with Crippen molar-refractivity contribution in [2.75, 3.05) is 13.6 Å². The molecule has 2 N–H and O–H groups in total. The van der Waals surface area contributed by atoms with E-state index in [1.807, 2.05) is 0 Å². The maximum absolute atomic E-state index is 6.46. The van der Waals surface area contributed by atoms with Gasteiger partial charge in [-0.15, -0.1) is 0 Å². The molecule has 2 heteroatoms. The van der Waals surface area contributed by atoms with Crippen LogP contribution in [0, 0.1) is 11.8 Å². The second-order valence-electron chi connectivity index (χ2n) is 6.83. The Kier molecular flexibility index (Phi) is 5.50. The van der Waals surface area contributed by atoms with Crippen molar-refractivity contribution >= 4 is 0 Å². The molecule has 0 heterocycles. The summed E-state index contributed by atoms with van der Waals surface area (Å²) in [7, 11) is 2.30. The zero-order chi connectivity index (χ0) is 13.0. The largest absolute Gasteiger partial charge is 0.326 e. The highest BCUT2D eigenvalue weighted by Crippen LogP contribution is 2.29. The Labute approximate surface area is 113 Å². The van der Waals surface area contributed by atoms with Crippen LogP contribution in [-0.2, 0) is 0 Å². The van der Waals surface area contributed by atoms with Crippen molar-refractivity contribution in [2.24, 2.45) is 17.6 Å². The van der Waals surface area contributed by atoms with E-state index in [9.17, 15) is 0 Å². The van der Waals surface area contributed by atoms with Crippen LogP contribution in [0.25, 0.3) is 0 Å². The minimum Gasteiger partial charge on any atom is -0.326 e. The molecule has 0 spiro atoms. The zero-order valence-corrected chi connectivity index (χ0v) is 12.4. The third kappa shape index (κ3) is 3.71. The number of nitrogens with zero attached hydrogens (tertiary/aromatic N) is 1. The first kappa shape index (κ1) is 14.3. The van der Waals surface area contributed by atoms with Gasteiger partial charge in [0, 0.05) is 18.6 Å². The van der Waals surface area contributed by atoms with Gasteiger partial charge in [-0.3, -0.25) is 0 Å². The molecule has 0 aromatic rings. The fourth-order valence-electron chi connectivity index (χ4n) is 4.13. The smallest absolute Gasteiger partial charge is 0.0196 e. The molecule has 0 bridgehead atoms. The monoisotopic (exact) mass is 252 g/mol. The molecule has 2 rings (SSSR count). The Morgan fingerprint density at radius 2 is 1.61 bits per heavy atom. The molecule has 18 heavy (non-hydrogen) atoms. The quantitative estimate of drug-likeness (QED) is 0.831. The van der Waals surface area contributed by atoms with Crippen molar-refractivity contribution in [1.82, 2.24) is 4.90 Å². The minimum absolute atomic E-state index is 0.407. The van der Waals surface area contributed by atoms with E-state index in [0.29, 0.717) is 6.04 Å². The Morgan fingerprint density at radius 1 is 1.00 bits per heavy atom. The standard InChI is InChI=1S/C16H32N2/c1-13-8-6-7-11-16(13)18(2)12-15(17)14-9-4-3-5-10-14/h13-16H,3-12,17H2,1-2H3. The van der Waals surface area contributed by atoms with Gasteiger partial charge in [0.05, 0.1) is 0 Å². The van der Waals surface area contributed by atoms with Crippen LogP contribution in [0.2, 0.25) is 0 Å². The van der Waals surface area contributed by atoms with E-state index in [2.05, 4.69) is 18.9 Å². The van der Waals surface area contributed by atoms with Gasteiger partial charge in [-0.05, 0) is 44.6 Å². The summed E-state index contributed by atoms with van der Waals surface area (Å²) >= 11 is 0. The molecule has 2 aliphatic rings. The summed E-state index contributed by atoms with van der Waals surface area (Å²) in [5, 5.41) is 0. The van der Waals surface area contributed by atoms with E-state index in [0.717, 1.165) is 24.4 Å². The van der Waals surface area contributed by atoms with Gasteiger partial charge < -0.3 is 10.6 Å². The summed E-state index contributed by atoms with van der Waals surface area (Å²) in [6.45, 7) is 3.53. The summed E-state index contributed by atoms with van der Waals surface area (Å²) in [6, 6.07) is 1.19. The zero-order valence-electron chi connectivity index (χ0n) is 12.4. The van der Waals surface area contributed by atoms with Gasteiger partial charge in [0.1, 0.15) is 0 Å². The Morgan fingerprint density at radius 3 is 2.28 bits per heavy atom. The maximum atomic E-state index is 6.46. The molecule has 2 nitrogen and oxygen atoms in total. The lowest BCUT2D eigenvalue weighted by Gasteiger charge is -2.39. The highest BCUT2D eigenvalue weighted by molar-refractivity contribution is 4.84. The van der Waals surface area contributed by atoms with Gasteiger partial charge in [0.15, 0.2) is 0 Å². The fourth-order valence-corrected chi connectivity index (χ4v) is 4.13. The third-order valence-electron chi connectivity index (χ3n) is 5.39. The molecule has 0 aliphatic heterocycles. The summed E-state index contributed by atoms with van der Waals surface area (Å²) in [4.78, 5) is 2.57. The lowest BCUT2D eigenvalue weighted by atomic mass is 9.82. The van der Waals surface area contributed by atoms with Crippen LogP contribution in [0.5, 0.6) is 0 Å². The van der Waals surface area contributed by atoms with Crippen LogP contribution in [-0.4, -0.2) is 30.6 Å². The van der Waals surface area contributed by atoms with Crippen LogP contribution in [0.1, 0.15) is 64.7 Å². The Hall–Kier alpha value is -0.0800. The van der Waals surface area contributed by atoms with Gasteiger partial charge >= 0.3 is 0 Å². The number of hydrogen-bond donors (Lipinski definition) is 1. The molecule has 0 amide bonds. The van der Waals surface area contributed by atoms with E-state index in [1.54, 1.807) is 0 Å². The molecule has 0 radical (unpaired) electrons. The molecule has 2 fully saturated rings. The Bertz CT molecular complexity index is 235. The molecule has 3 unspecified atom stereocenters. The van der Waals surface area contributed by atoms with Crippen molar-refractivity contribution in [3.05, 3.63) is 0 Å². The van der Waals surface area contributed by atoms with Crippen LogP contribution in [0.4, 0.5) is 0 Å². The third-order valence-corrected chi connectivity index (χ3v) is 5.39. The predicted octanol–water partition coefficient (Wildman–Crippen LogP) is 3.40. The van der Waals surface area contributed by atoms with Gasteiger partial charge in [-0.2, -0.15) is 0 Å². The highest BCUT2D eigenvalue weighted by Gasteiger charge is 2.28. The fraction of sp³-hybridized carbons (Fsp3) is 1.00. The van der Waals surface area contributed by atoms with Crippen LogP contribution in [0.3, 0.4) is 0 Å². The molecule has 3 atom stereocenters. The van der Waals surface area contributed by atoms with Crippen molar-refractivity contribution in [1.29, 1.82) is 0 Å². The van der Waals surface area contributed by atoms with Gasteiger partial charge in [-0.25, -0.2) is 0 Å². The van der Waals surface area contributed by atoms with Gasteiger partial charge in [-0.1, -0.05) is 39.0 Å². The van der Waals surface area contributed by atoms with Crippen molar-refractivity contribution in [2.45, 2.75) is 76.8 Å². The van der Waals surface area contributed by atoms with Crippen LogP contribution < -0.4 is 5.73 Å². The lowest BCUT2D eigenvalue weighted by Crippen LogP contribution is -2.47. The van der Waals surface area contributed by atoms with Crippen molar-refractivity contribution in [3.63, 3.8) is 0 Å². The number of nitrogens with two attached hydrogens (primary N) is 1. The van der Waals surface area contributed by atoms with E-state index < -0.39 is 0 Å².